The van der Waals surface area contributed by atoms with E-state index >= 15 is 0 Å². The first-order valence-corrected chi connectivity index (χ1v) is 9.79. The summed E-state index contributed by atoms with van der Waals surface area (Å²) < 4.78 is 7.92. The second-order valence-electron chi connectivity index (χ2n) is 5.66. The molecule has 0 spiro atoms. The maximum Gasteiger partial charge on any atom is 0.247 e. The number of aromatic nitrogens is 3. The van der Waals surface area contributed by atoms with Gasteiger partial charge in [0, 0.05) is 10.6 Å². The minimum atomic E-state index is 0.0164. The zero-order chi connectivity index (χ0) is 17.4. The minimum absolute atomic E-state index is 0.0164. The van der Waals surface area contributed by atoms with Gasteiger partial charge in [0.15, 0.2) is 4.34 Å². The molecule has 7 heteroatoms. The maximum atomic E-state index is 6.02. The van der Waals surface area contributed by atoms with Crippen molar-refractivity contribution in [2.75, 3.05) is 0 Å². The van der Waals surface area contributed by atoms with Crippen LogP contribution >= 0.6 is 34.7 Å². The molecule has 126 valence electrons. The summed E-state index contributed by atoms with van der Waals surface area (Å²) in [5.74, 6) is 1.14. The van der Waals surface area contributed by atoms with Gasteiger partial charge in [-0.3, -0.25) is 0 Å². The van der Waals surface area contributed by atoms with Crippen LogP contribution in [0.25, 0.3) is 21.7 Å². The third-order valence-corrected chi connectivity index (χ3v) is 6.15. The maximum absolute atomic E-state index is 6.02. The summed E-state index contributed by atoms with van der Waals surface area (Å²) in [5, 5.41) is 9.08. The summed E-state index contributed by atoms with van der Waals surface area (Å²) in [6, 6.07) is 13.8. The van der Waals surface area contributed by atoms with Gasteiger partial charge < -0.3 is 4.42 Å². The van der Waals surface area contributed by atoms with E-state index in [1.54, 1.807) is 23.1 Å². The Hall–Kier alpha value is -1.89. The number of hydrogen-bond donors (Lipinski definition) is 0. The number of halogens is 1. The molecule has 25 heavy (non-hydrogen) atoms. The molecule has 4 nitrogen and oxygen atoms in total. The first-order valence-electron chi connectivity index (χ1n) is 7.72. The first kappa shape index (κ1) is 16.6. The van der Waals surface area contributed by atoms with Crippen LogP contribution in [-0.4, -0.2) is 15.2 Å². The number of thiazole rings is 1. The largest absolute Gasteiger partial charge is 0.419 e. The molecule has 0 radical (unpaired) electrons. The van der Waals surface area contributed by atoms with Crippen molar-refractivity contribution in [3.8, 4) is 11.5 Å². The van der Waals surface area contributed by atoms with Gasteiger partial charge in [-0.15, -0.1) is 21.5 Å². The quantitative estimate of drug-likeness (QED) is 0.392. The highest BCUT2D eigenvalue weighted by atomic mass is 35.5. The number of aryl methyl sites for hydroxylation is 1. The highest BCUT2D eigenvalue weighted by molar-refractivity contribution is 8.01. The molecular weight excluding hydrogens is 374 g/mol. The van der Waals surface area contributed by atoms with E-state index in [-0.39, 0.29) is 5.25 Å². The normalized spacial score (nSPS) is 12.6. The molecule has 2 heterocycles. The molecule has 0 aliphatic heterocycles. The molecule has 1 atom stereocenters. The summed E-state index contributed by atoms with van der Waals surface area (Å²) in [4.78, 5) is 4.62. The van der Waals surface area contributed by atoms with Crippen LogP contribution in [-0.2, 0) is 0 Å². The van der Waals surface area contributed by atoms with E-state index in [1.165, 1.54) is 5.56 Å². The van der Waals surface area contributed by atoms with Crippen molar-refractivity contribution >= 4 is 44.9 Å². The molecule has 0 amide bonds. The number of rotatable bonds is 4. The van der Waals surface area contributed by atoms with Crippen molar-refractivity contribution in [3.05, 3.63) is 58.9 Å². The van der Waals surface area contributed by atoms with Crippen molar-refractivity contribution in [2.24, 2.45) is 0 Å². The lowest BCUT2D eigenvalue weighted by Gasteiger charge is -2.02. The number of fused-ring (bicyclic) bond motifs is 1. The van der Waals surface area contributed by atoms with Gasteiger partial charge in [-0.2, -0.15) is 0 Å². The molecular formula is C18H14ClN3OS2. The van der Waals surface area contributed by atoms with Crippen LogP contribution in [0.15, 0.2) is 51.2 Å². The van der Waals surface area contributed by atoms with Crippen molar-refractivity contribution in [1.29, 1.82) is 0 Å². The minimum Gasteiger partial charge on any atom is -0.419 e. The molecule has 0 aliphatic carbocycles. The molecule has 0 N–H and O–H groups in total. The fourth-order valence-corrected chi connectivity index (χ4v) is 4.73. The molecule has 0 fully saturated rings. The number of thioether (sulfide) groups is 1. The van der Waals surface area contributed by atoms with E-state index in [1.807, 2.05) is 56.3 Å². The standard InChI is InChI=1S/C18H14ClN3OS2/c1-10-3-5-12(6-4-10)17-22-21-16(23-17)11(2)24-18-20-14-9-13(19)7-8-15(14)25-18/h3-9,11H,1-2H3. The molecule has 4 aromatic rings. The Kier molecular flexibility index (Phi) is 4.50. The van der Waals surface area contributed by atoms with Crippen molar-refractivity contribution in [1.82, 2.24) is 15.2 Å². The average molecular weight is 388 g/mol. The smallest absolute Gasteiger partial charge is 0.247 e. The lowest BCUT2D eigenvalue weighted by Crippen LogP contribution is -1.88. The SMILES string of the molecule is Cc1ccc(-c2nnc(C(C)Sc3nc4cc(Cl)ccc4s3)o2)cc1. The molecule has 1 unspecified atom stereocenters. The van der Waals surface area contributed by atoms with Gasteiger partial charge in [-0.25, -0.2) is 4.98 Å². The van der Waals surface area contributed by atoms with E-state index in [2.05, 4.69) is 15.2 Å². The van der Waals surface area contributed by atoms with Crippen LogP contribution in [0.2, 0.25) is 5.02 Å². The average Bonchev–Trinajstić information content (AvgIpc) is 3.21. The van der Waals surface area contributed by atoms with Crippen molar-refractivity contribution < 1.29 is 4.42 Å². The van der Waals surface area contributed by atoms with Gasteiger partial charge in [0.25, 0.3) is 0 Å². The Labute approximate surface area is 158 Å². The topological polar surface area (TPSA) is 51.8 Å². The number of nitrogens with zero attached hydrogens (tertiary/aromatic N) is 3. The van der Waals surface area contributed by atoms with Crippen molar-refractivity contribution in [2.45, 2.75) is 23.4 Å². The Morgan fingerprint density at radius 1 is 1.12 bits per heavy atom. The predicted octanol–water partition coefficient (Wildman–Crippen LogP) is 6.16. The second kappa shape index (κ2) is 6.78. The summed E-state index contributed by atoms with van der Waals surface area (Å²) in [7, 11) is 0. The van der Waals surface area contributed by atoms with E-state index in [0.29, 0.717) is 16.8 Å². The lowest BCUT2D eigenvalue weighted by atomic mass is 10.1. The van der Waals surface area contributed by atoms with Gasteiger partial charge in [0.2, 0.25) is 11.8 Å². The Bertz CT molecular complexity index is 1030. The number of hydrogen-bond acceptors (Lipinski definition) is 6. The predicted molar refractivity (Wildman–Crippen MR) is 103 cm³/mol. The Balaban J connectivity index is 1.54. The van der Waals surface area contributed by atoms with Crippen LogP contribution in [0.1, 0.15) is 23.6 Å². The molecule has 2 aromatic carbocycles. The van der Waals surface area contributed by atoms with Crippen LogP contribution in [0.4, 0.5) is 0 Å². The third-order valence-electron chi connectivity index (χ3n) is 3.69. The highest BCUT2D eigenvalue weighted by Crippen LogP contribution is 2.39. The fourth-order valence-electron chi connectivity index (χ4n) is 2.34. The van der Waals surface area contributed by atoms with Crippen LogP contribution in [0.3, 0.4) is 0 Å². The molecule has 0 saturated heterocycles. The summed E-state index contributed by atoms with van der Waals surface area (Å²) in [6.07, 6.45) is 0. The Morgan fingerprint density at radius 3 is 2.72 bits per heavy atom. The summed E-state index contributed by atoms with van der Waals surface area (Å²) >= 11 is 9.27. The van der Waals surface area contributed by atoms with E-state index in [0.717, 1.165) is 20.1 Å². The van der Waals surface area contributed by atoms with Crippen LogP contribution < -0.4 is 0 Å². The van der Waals surface area contributed by atoms with E-state index < -0.39 is 0 Å². The number of benzene rings is 2. The fraction of sp³-hybridized carbons (Fsp3) is 0.167. The summed E-state index contributed by atoms with van der Waals surface area (Å²) in [6.45, 7) is 4.09. The van der Waals surface area contributed by atoms with Gasteiger partial charge >= 0.3 is 0 Å². The van der Waals surface area contributed by atoms with Gasteiger partial charge in [0.05, 0.1) is 15.5 Å². The molecule has 2 aromatic heterocycles. The third kappa shape index (κ3) is 3.56. The van der Waals surface area contributed by atoms with E-state index in [9.17, 15) is 0 Å². The second-order valence-corrected chi connectivity index (χ2v) is 8.72. The van der Waals surface area contributed by atoms with Gasteiger partial charge in [0.1, 0.15) is 0 Å². The molecule has 0 saturated carbocycles. The Morgan fingerprint density at radius 2 is 1.92 bits per heavy atom. The van der Waals surface area contributed by atoms with Crippen molar-refractivity contribution in [3.63, 3.8) is 0 Å². The first-order chi connectivity index (χ1) is 12.1. The zero-order valence-corrected chi connectivity index (χ0v) is 16.0. The molecule has 0 bridgehead atoms. The van der Waals surface area contributed by atoms with Crippen LogP contribution in [0.5, 0.6) is 0 Å². The van der Waals surface area contributed by atoms with Gasteiger partial charge in [-0.05, 0) is 44.2 Å². The summed E-state index contributed by atoms with van der Waals surface area (Å²) in [5.41, 5.74) is 3.04. The van der Waals surface area contributed by atoms with Crippen LogP contribution in [0, 0.1) is 6.92 Å². The zero-order valence-electron chi connectivity index (χ0n) is 13.6. The van der Waals surface area contributed by atoms with E-state index in [4.69, 9.17) is 16.0 Å². The molecule has 0 aliphatic rings. The van der Waals surface area contributed by atoms with Gasteiger partial charge in [-0.1, -0.05) is 41.1 Å². The highest BCUT2D eigenvalue weighted by Gasteiger charge is 2.18. The lowest BCUT2D eigenvalue weighted by molar-refractivity contribution is 0.509. The monoisotopic (exact) mass is 387 g/mol. The molecule has 4 rings (SSSR count).